The second-order valence-electron chi connectivity index (χ2n) is 7.09. The second-order valence-corrected chi connectivity index (χ2v) is 7.47. The van der Waals surface area contributed by atoms with Crippen LogP contribution in [-0.2, 0) is 11.8 Å². The van der Waals surface area contributed by atoms with E-state index in [4.69, 9.17) is 12.2 Å². The van der Waals surface area contributed by atoms with Crippen molar-refractivity contribution in [1.29, 1.82) is 0 Å². The van der Waals surface area contributed by atoms with Gasteiger partial charge in [0.15, 0.2) is 4.77 Å². The monoisotopic (exact) mass is 336 g/mol. The van der Waals surface area contributed by atoms with Crippen molar-refractivity contribution in [2.24, 2.45) is 13.0 Å². The Balaban J connectivity index is 1.56. The van der Waals surface area contributed by atoms with Gasteiger partial charge in [-0.25, -0.2) is 0 Å². The van der Waals surface area contributed by atoms with Crippen LogP contribution in [0.2, 0.25) is 0 Å². The van der Waals surface area contributed by atoms with Crippen LogP contribution >= 0.6 is 12.2 Å². The molecule has 1 N–H and O–H groups in total. The summed E-state index contributed by atoms with van der Waals surface area (Å²) in [5, 5.41) is 7.23. The molecule has 0 atom stereocenters. The number of amides is 1. The van der Waals surface area contributed by atoms with Gasteiger partial charge in [0.1, 0.15) is 5.82 Å². The van der Waals surface area contributed by atoms with Gasteiger partial charge in [0.2, 0.25) is 5.91 Å². The minimum Gasteiger partial charge on any atom is -0.342 e. The molecule has 1 saturated heterocycles. The van der Waals surface area contributed by atoms with Crippen LogP contribution in [0.1, 0.15) is 69.5 Å². The molecule has 3 rings (SSSR count). The van der Waals surface area contributed by atoms with Crippen LogP contribution in [0.25, 0.3) is 0 Å². The van der Waals surface area contributed by atoms with Gasteiger partial charge in [0.25, 0.3) is 0 Å². The van der Waals surface area contributed by atoms with Crippen LogP contribution < -0.4 is 0 Å². The summed E-state index contributed by atoms with van der Waals surface area (Å²) in [4.78, 5) is 14.9. The number of carbonyl (C=O) groups excluding carboxylic acids is 1. The molecule has 1 amide bonds. The number of hydrogen-bond acceptors (Lipinski definition) is 3. The highest BCUT2D eigenvalue weighted by atomic mass is 32.1. The molecular weight excluding hydrogens is 308 g/mol. The number of likely N-dealkylation sites (tertiary alicyclic amines) is 1. The zero-order valence-electron chi connectivity index (χ0n) is 14.1. The summed E-state index contributed by atoms with van der Waals surface area (Å²) in [6.45, 7) is 1.72. The Kier molecular flexibility index (Phi) is 5.51. The Morgan fingerprint density at radius 2 is 1.70 bits per heavy atom. The summed E-state index contributed by atoms with van der Waals surface area (Å²) < 4.78 is 2.64. The molecule has 23 heavy (non-hydrogen) atoms. The first-order chi connectivity index (χ1) is 11.2. The smallest absolute Gasteiger partial charge is 0.225 e. The zero-order chi connectivity index (χ0) is 16.2. The third-order valence-electron chi connectivity index (χ3n) is 5.54. The lowest BCUT2D eigenvalue weighted by atomic mass is 9.88. The van der Waals surface area contributed by atoms with Crippen molar-refractivity contribution in [1.82, 2.24) is 19.7 Å². The first-order valence-electron chi connectivity index (χ1n) is 9.07. The number of carbonyl (C=O) groups is 1. The normalized spacial score (nSPS) is 21.9. The average Bonchev–Trinajstić information content (AvgIpc) is 2.86. The van der Waals surface area contributed by atoms with E-state index < -0.39 is 0 Å². The predicted octanol–water partition coefficient (Wildman–Crippen LogP) is 3.54. The molecule has 2 heterocycles. The first kappa shape index (κ1) is 16.7. The maximum Gasteiger partial charge on any atom is 0.225 e. The lowest BCUT2D eigenvalue weighted by Crippen LogP contribution is -2.41. The number of rotatable bonds is 2. The van der Waals surface area contributed by atoms with Gasteiger partial charge < -0.3 is 9.47 Å². The van der Waals surface area contributed by atoms with Gasteiger partial charge in [-0.05, 0) is 37.9 Å². The third-order valence-corrected chi connectivity index (χ3v) is 5.91. The number of aromatic nitrogens is 3. The van der Waals surface area contributed by atoms with Crippen LogP contribution in [0.15, 0.2) is 0 Å². The standard InChI is InChI=1S/C17H28N4OS/c1-20-15(18-19-17(20)23)13-9-11-21(12-10-13)16(22)14-7-5-3-2-4-6-8-14/h13-14H,2-12H2,1H3,(H,19,23). The summed E-state index contributed by atoms with van der Waals surface area (Å²) in [7, 11) is 1.97. The fraction of sp³-hybridized carbons (Fsp3) is 0.824. The van der Waals surface area contributed by atoms with E-state index in [1.54, 1.807) is 0 Å². The predicted molar refractivity (Wildman–Crippen MR) is 92.8 cm³/mol. The van der Waals surface area contributed by atoms with Crippen molar-refractivity contribution in [2.75, 3.05) is 13.1 Å². The van der Waals surface area contributed by atoms with Crippen LogP contribution in [-0.4, -0.2) is 38.7 Å². The Morgan fingerprint density at radius 1 is 1.09 bits per heavy atom. The van der Waals surface area contributed by atoms with Gasteiger partial charge in [-0.2, -0.15) is 5.10 Å². The van der Waals surface area contributed by atoms with Gasteiger partial charge in [-0.1, -0.05) is 32.1 Å². The Hall–Kier alpha value is -1.17. The van der Waals surface area contributed by atoms with E-state index in [0.29, 0.717) is 16.6 Å². The fourth-order valence-corrected chi connectivity index (χ4v) is 4.18. The van der Waals surface area contributed by atoms with E-state index in [9.17, 15) is 4.79 Å². The van der Waals surface area contributed by atoms with Crippen LogP contribution in [0.3, 0.4) is 0 Å². The molecule has 0 unspecified atom stereocenters. The highest BCUT2D eigenvalue weighted by molar-refractivity contribution is 7.71. The van der Waals surface area contributed by atoms with Gasteiger partial charge in [-0.15, -0.1) is 0 Å². The largest absolute Gasteiger partial charge is 0.342 e. The molecule has 0 aromatic carbocycles. The quantitative estimate of drug-likeness (QED) is 0.840. The van der Waals surface area contributed by atoms with Crippen LogP contribution in [0, 0.1) is 10.7 Å². The molecule has 1 aliphatic carbocycles. The Morgan fingerprint density at radius 3 is 2.26 bits per heavy atom. The van der Waals surface area contributed by atoms with Crippen molar-refractivity contribution in [3.05, 3.63) is 10.6 Å². The minimum atomic E-state index is 0.271. The minimum absolute atomic E-state index is 0.271. The van der Waals surface area contributed by atoms with Crippen LogP contribution in [0.5, 0.6) is 0 Å². The lowest BCUT2D eigenvalue weighted by Gasteiger charge is -2.34. The molecule has 1 aromatic rings. The van der Waals surface area contributed by atoms with Crippen molar-refractivity contribution in [3.63, 3.8) is 0 Å². The first-order valence-corrected chi connectivity index (χ1v) is 9.47. The van der Waals surface area contributed by atoms with E-state index in [1.807, 2.05) is 11.6 Å². The number of nitrogens with zero attached hydrogens (tertiary/aromatic N) is 3. The fourth-order valence-electron chi connectivity index (χ4n) is 4.04. The number of piperidine rings is 1. The summed E-state index contributed by atoms with van der Waals surface area (Å²) in [6, 6.07) is 0. The summed E-state index contributed by atoms with van der Waals surface area (Å²) in [6.07, 6.45) is 10.5. The molecule has 5 nitrogen and oxygen atoms in total. The maximum atomic E-state index is 12.8. The number of nitrogens with one attached hydrogen (secondary N) is 1. The number of H-pyrrole nitrogens is 1. The van der Waals surface area contributed by atoms with E-state index in [1.165, 1.54) is 32.1 Å². The third kappa shape index (κ3) is 3.84. The van der Waals surface area contributed by atoms with Gasteiger partial charge in [0, 0.05) is 32.0 Å². The van der Waals surface area contributed by atoms with Crippen molar-refractivity contribution in [3.8, 4) is 0 Å². The Bertz CT molecular complexity index is 578. The molecule has 2 fully saturated rings. The number of aromatic amines is 1. The molecular formula is C17H28N4OS. The highest BCUT2D eigenvalue weighted by Gasteiger charge is 2.30. The Labute approximate surface area is 143 Å². The molecule has 0 spiro atoms. The van der Waals surface area contributed by atoms with Gasteiger partial charge >= 0.3 is 0 Å². The van der Waals surface area contributed by atoms with Gasteiger partial charge in [0.05, 0.1) is 0 Å². The molecule has 128 valence electrons. The van der Waals surface area contributed by atoms with Crippen LogP contribution in [0.4, 0.5) is 0 Å². The molecule has 1 aromatic heterocycles. The van der Waals surface area contributed by atoms with E-state index in [-0.39, 0.29) is 5.92 Å². The van der Waals surface area contributed by atoms with Crippen molar-refractivity contribution in [2.45, 2.75) is 63.7 Å². The maximum absolute atomic E-state index is 12.8. The summed E-state index contributed by atoms with van der Waals surface area (Å²) in [5.41, 5.74) is 0. The van der Waals surface area contributed by atoms with Crippen molar-refractivity contribution >= 4 is 18.1 Å². The molecule has 2 aliphatic rings. The second kappa shape index (κ2) is 7.60. The van der Waals surface area contributed by atoms with E-state index >= 15 is 0 Å². The molecule has 1 aliphatic heterocycles. The number of hydrogen-bond donors (Lipinski definition) is 1. The van der Waals surface area contributed by atoms with Crippen molar-refractivity contribution < 1.29 is 4.79 Å². The van der Waals surface area contributed by atoms with E-state index in [2.05, 4.69) is 15.1 Å². The topological polar surface area (TPSA) is 53.9 Å². The molecule has 0 bridgehead atoms. The average molecular weight is 337 g/mol. The van der Waals surface area contributed by atoms with Gasteiger partial charge in [-0.3, -0.25) is 9.89 Å². The van der Waals surface area contributed by atoms with E-state index in [0.717, 1.165) is 44.6 Å². The molecule has 0 radical (unpaired) electrons. The summed E-state index contributed by atoms with van der Waals surface area (Å²) >= 11 is 5.20. The molecule has 6 heteroatoms. The highest BCUT2D eigenvalue weighted by Crippen LogP contribution is 2.29. The lowest BCUT2D eigenvalue weighted by molar-refractivity contribution is -0.137. The summed E-state index contributed by atoms with van der Waals surface area (Å²) in [5.74, 6) is 2.12. The zero-order valence-corrected chi connectivity index (χ0v) is 14.9. The SMILES string of the molecule is Cn1c(C2CCN(C(=O)C3CCCCCCC3)CC2)n[nH]c1=S. The molecule has 1 saturated carbocycles.